The van der Waals surface area contributed by atoms with Crippen molar-refractivity contribution in [2.45, 2.75) is 0 Å². The van der Waals surface area contributed by atoms with Crippen LogP contribution < -0.4 is 0 Å². The zero-order valence-electron chi connectivity index (χ0n) is 30.4. The lowest BCUT2D eigenvalue weighted by Gasteiger charge is -2.10. The minimum Gasteiger partial charge on any atom is -0.455 e. The summed E-state index contributed by atoms with van der Waals surface area (Å²) >= 11 is 1.79. The topological polar surface area (TPSA) is 56.7 Å². The number of aromatic nitrogens is 4. The molecule has 0 saturated carbocycles. The lowest BCUT2D eigenvalue weighted by atomic mass is 10.0. The van der Waals surface area contributed by atoms with E-state index in [0.717, 1.165) is 66.5 Å². The van der Waals surface area contributed by atoms with Gasteiger partial charge in [-0.25, -0.2) is 15.0 Å². The van der Waals surface area contributed by atoms with Gasteiger partial charge >= 0.3 is 0 Å². The normalized spacial score (nSPS) is 11.9. The Kier molecular flexibility index (Phi) is 7.03. The molecular formula is C51H30N4OS. The second-order valence-corrected chi connectivity index (χ2v) is 15.5. The van der Waals surface area contributed by atoms with E-state index in [1.54, 1.807) is 11.3 Å². The molecule has 0 amide bonds. The molecular weight excluding hydrogens is 717 g/mol. The maximum Gasteiger partial charge on any atom is 0.167 e. The van der Waals surface area contributed by atoms with Gasteiger partial charge < -0.3 is 8.98 Å². The number of para-hydroxylation sites is 3. The molecule has 0 N–H and O–H groups in total. The number of nitrogens with zero attached hydrogens (tertiary/aromatic N) is 4. The van der Waals surface area contributed by atoms with Gasteiger partial charge in [-0.3, -0.25) is 0 Å². The highest BCUT2D eigenvalue weighted by Gasteiger charge is 2.21. The van der Waals surface area contributed by atoms with Gasteiger partial charge in [-0.2, -0.15) is 0 Å². The fourth-order valence-electron chi connectivity index (χ4n) is 8.38. The van der Waals surface area contributed by atoms with Crippen LogP contribution in [0.25, 0.3) is 115 Å². The first-order valence-corrected chi connectivity index (χ1v) is 19.8. The molecule has 8 aromatic carbocycles. The van der Waals surface area contributed by atoms with Gasteiger partial charge in [0.05, 0.1) is 16.6 Å². The molecule has 0 aliphatic heterocycles. The number of thiophene rings is 1. The van der Waals surface area contributed by atoms with E-state index in [1.807, 2.05) is 6.07 Å². The van der Waals surface area contributed by atoms with Gasteiger partial charge in [-0.1, -0.05) is 127 Å². The second kappa shape index (κ2) is 12.6. The van der Waals surface area contributed by atoms with Crippen LogP contribution in [-0.4, -0.2) is 19.5 Å². The van der Waals surface area contributed by atoms with Crippen molar-refractivity contribution in [3.63, 3.8) is 0 Å². The Labute approximate surface area is 330 Å². The van der Waals surface area contributed by atoms with E-state index in [1.165, 1.54) is 30.9 Å². The predicted molar refractivity (Wildman–Crippen MR) is 236 cm³/mol. The number of fused-ring (bicyclic) bond motifs is 9. The molecule has 0 fully saturated rings. The predicted octanol–water partition coefficient (Wildman–Crippen LogP) is 13.9. The molecule has 57 heavy (non-hydrogen) atoms. The van der Waals surface area contributed by atoms with Gasteiger partial charge in [0.15, 0.2) is 17.5 Å². The van der Waals surface area contributed by atoms with Crippen molar-refractivity contribution in [3.05, 3.63) is 182 Å². The highest BCUT2D eigenvalue weighted by Crippen LogP contribution is 2.41. The molecule has 4 heterocycles. The van der Waals surface area contributed by atoms with Gasteiger partial charge in [0.2, 0.25) is 0 Å². The Balaban J connectivity index is 1.08. The number of rotatable bonds is 5. The number of hydrogen-bond donors (Lipinski definition) is 0. The van der Waals surface area contributed by atoms with E-state index in [9.17, 15) is 0 Å². The summed E-state index contributed by atoms with van der Waals surface area (Å²) < 4.78 is 11.7. The van der Waals surface area contributed by atoms with E-state index in [4.69, 9.17) is 19.4 Å². The minimum absolute atomic E-state index is 0.560. The molecule has 4 aromatic heterocycles. The Morgan fingerprint density at radius 1 is 0.386 bits per heavy atom. The Morgan fingerprint density at radius 3 is 1.89 bits per heavy atom. The minimum atomic E-state index is 0.560. The zero-order valence-corrected chi connectivity index (χ0v) is 31.2. The molecule has 0 atom stereocenters. The molecule has 0 aliphatic carbocycles. The first-order valence-electron chi connectivity index (χ1n) is 19.0. The smallest absolute Gasteiger partial charge is 0.167 e. The van der Waals surface area contributed by atoms with Crippen molar-refractivity contribution < 1.29 is 4.42 Å². The number of hydrogen-bond acceptors (Lipinski definition) is 5. The third kappa shape index (κ3) is 5.12. The molecule has 12 rings (SSSR count). The Bertz CT molecular complexity index is 3530. The van der Waals surface area contributed by atoms with Crippen LogP contribution in [0.3, 0.4) is 0 Å². The molecule has 0 unspecified atom stereocenters. The summed E-state index contributed by atoms with van der Waals surface area (Å²) in [7, 11) is 0. The van der Waals surface area contributed by atoms with Crippen LogP contribution in [0.2, 0.25) is 0 Å². The van der Waals surface area contributed by atoms with Crippen molar-refractivity contribution in [3.8, 4) is 51.0 Å². The lowest BCUT2D eigenvalue weighted by Crippen LogP contribution is -2.00. The maximum absolute atomic E-state index is 6.88. The highest BCUT2D eigenvalue weighted by atomic mass is 32.1. The molecule has 0 saturated heterocycles. The Morgan fingerprint density at radius 2 is 1.04 bits per heavy atom. The van der Waals surface area contributed by atoms with Crippen LogP contribution in [0.1, 0.15) is 0 Å². The van der Waals surface area contributed by atoms with E-state index in [-0.39, 0.29) is 0 Å². The van der Waals surface area contributed by atoms with Gasteiger partial charge in [-0.05, 0) is 59.7 Å². The van der Waals surface area contributed by atoms with Gasteiger partial charge in [0.25, 0.3) is 0 Å². The number of furan rings is 1. The fraction of sp³-hybridized carbons (Fsp3) is 0. The van der Waals surface area contributed by atoms with Gasteiger partial charge in [-0.15, -0.1) is 11.3 Å². The van der Waals surface area contributed by atoms with Crippen LogP contribution in [0.15, 0.2) is 186 Å². The van der Waals surface area contributed by atoms with E-state index >= 15 is 0 Å². The van der Waals surface area contributed by atoms with Gasteiger partial charge in [0.1, 0.15) is 11.2 Å². The Hall–Kier alpha value is -7.41. The highest BCUT2D eigenvalue weighted by molar-refractivity contribution is 7.25. The van der Waals surface area contributed by atoms with Crippen molar-refractivity contribution in [1.82, 2.24) is 19.5 Å². The van der Waals surface area contributed by atoms with Crippen molar-refractivity contribution in [2.75, 3.05) is 0 Å². The molecule has 266 valence electrons. The fourth-order valence-corrected chi connectivity index (χ4v) is 9.52. The maximum atomic E-state index is 6.88. The van der Waals surface area contributed by atoms with Crippen molar-refractivity contribution >= 4 is 75.3 Å². The molecule has 0 spiro atoms. The van der Waals surface area contributed by atoms with E-state index in [0.29, 0.717) is 17.5 Å². The molecule has 0 bridgehead atoms. The van der Waals surface area contributed by atoms with Crippen molar-refractivity contribution in [1.29, 1.82) is 0 Å². The molecule has 0 radical (unpaired) electrons. The summed E-state index contributed by atoms with van der Waals surface area (Å²) in [5, 5.41) is 6.94. The first kappa shape index (κ1) is 31.9. The lowest BCUT2D eigenvalue weighted by molar-refractivity contribution is 0.670. The molecule has 12 aromatic rings. The average Bonchev–Trinajstić information content (AvgIpc) is 3.95. The molecule has 0 aliphatic rings. The third-order valence-corrected chi connectivity index (χ3v) is 12.2. The molecule has 6 heteroatoms. The summed E-state index contributed by atoms with van der Waals surface area (Å²) in [4.78, 5) is 15.6. The van der Waals surface area contributed by atoms with Gasteiger partial charge in [0, 0.05) is 64.6 Å². The summed E-state index contributed by atoms with van der Waals surface area (Å²) in [5.74, 6) is 1.78. The standard InChI is InChI=1S/C51H30N4OS/c1-3-13-31(14-4-1)32-15-11-16-33(27-32)49-52-50(34-25-26-38-37-20-8-10-24-46(37)57-47(38)28-34)54-51(53-49)40-22-12-21-39-42-29-41-36-19-7-9-23-43(36)55(35-17-5-2-6-18-35)44(41)30-45(42)56-48(39)40/h1-30H. The van der Waals surface area contributed by atoms with Crippen LogP contribution in [0.5, 0.6) is 0 Å². The van der Waals surface area contributed by atoms with Crippen LogP contribution in [-0.2, 0) is 0 Å². The second-order valence-electron chi connectivity index (χ2n) is 14.4. The summed E-state index contributed by atoms with van der Waals surface area (Å²) in [6, 6.07) is 63.8. The summed E-state index contributed by atoms with van der Waals surface area (Å²) in [5.41, 5.74) is 9.82. The first-order chi connectivity index (χ1) is 28.2. The summed E-state index contributed by atoms with van der Waals surface area (Å²) in [6.07, 6.45) is 0. The summed E-state index contributed by atoms with van der Waals surface area (Å²) in [6.45, 7) is 0. The monoisotopic (exact) mass is 746 g/mol. The zero-order chi connectivity index (χ0) is 37.5. The van der Waals surface area contributed by atoms with Crippen LogP contribution in [0.4, 0.5) is 0 Å². The largest absolute Gasteiger partial charge is 0.455 e. The van der Waals surface area contributed by atoms with Crippen molar-refractivity contribution in [2.24, 2.45) is 0 Å². The SMILES string of the molecule is c1ccc(-c2cccc(-c3nc(-c4ccc5c(c4)sc4ccccc45)nc(-c4cccc5c4oc4cc6c(cc45)c4ccccc4n6-c4ccccc4)n3)c2)cc1. The molecule has 5 nitrogen and oxygen atoms in total. The average molecular weight is 747 g/mol. The number of benzene rings is 8. The quantitative estimate of drug-likeness (QED) is 0.176. The van der Waals surface area contributed by atoms with E-state index < -0.39 is 0 Å². The third-order valence-electron chi connectivity index (χ3n) is 11.0. The van der Waals surface area contributed by atoms with Crippen LogP contribution >= 0.6 is 11.3 Å². The van der Waals surface area contributed by atoms with E-state index in [2.05, 4.69) is 180 Å². The van der Waals surface area contributed by atoms with Crippen LogP contribution in [0, 0.1) is 0 Å².